The van der Waals surface area contributed by atoms with Crippen LogP contribution in [0.25, 0.3) is 0 Å². The second kappa shape index (κ2) is 8.91. The highest BCUT2D eigenvalue weighted by atomic mass is 16.5. The second-order valence-corrected chi connectivity index (χ2v) is 8.68. The lowest BCUT2D eigenvalue weighted by Crippen LogP contribution is -2.64. The Morgan fingerprint density at radius 2 is 1.97 bits per heavy atom. The summed E-state index contributed by atoms with van der Waals surface area (Å²) in [6, 6.07) is 7.17. The van der Waals surface area contributed by atoms with Crippen molar-refractivity contribution in [3.63, 3.8) is 0 Å². The summed E-state index contributed by atoms with van der Waals surface area (Å²) in [5.41, 5.74) is -1.49. The molecule has 1 aromatic rings. The number of piperidine rings is 1. The molecule has 2 fully saturated rings. The molecule has 166 valence electrons. The van der Waals surface area contributed by atoms with Crippen LogP contribution in [-0.2, 0) is 20.7 Å². The lowest BCUT2D eigenvalue weighted by Gasteiger charge is -2.48. The number of aliphatic hydroxyl groups excluding tert-OH is 1. The number of carboxylic acids is 1. The predicted molar refractivity (Wildman–Crippen MR) is 110 cm³/mol. The molecule has 2 heterocycles. The number of ether oxygens (including phenoxy) is 2. The van der Waals surface area contributed by atoms with E-state index in [9.17, 15) is 19.8 Å². The first-order chi connectivity index (χ1) is 14.2. The molecule has 2 aliphatic rings. The molecule has 0 spiro atoms. The minimum absolute atomic E-state index is 0.0344. The normalized spacial score (nSPS) is 25.7. The van der Waals surface area contributed by atoms with Crippen LogP contribution in [0.1, 0.15) is 25.8 Å². The van der Waals surface area contributed by atoms with Gasteiger partial charge in [0.05, 0.1) is 32.0 Å². The summed E-state index contributed by atoms with van der Waals surface area (Å²) >= 11 is 0. The van der Waals surface area contributed by atoms with Crippen molar-refractivity contribution in [1.82, 2.24) is 9.80 Å². The van der Waals surface area contributed by atoms with E-state index in [2.05, 4.69) is 4.90 Å². The van der Waals surface area contributed by atoms with Crippen molar-refractivity contribution in [3.05, 3.63) is 29.8 Å². The SMILES string of the molecule is COc1cccc(C[C@@]2(C(=O)O)CN(C(=O)C(C)(C)N3CCOCC3)CC[C@H]2O)c1. The maximum Gasteiger partial charge on any atom is 0.314 e. The maximum atomic E-state index is 13.4. The molecule has 0 aromatic heterocycles. The van der Waals surface area contributed by atoms with Gasteiger partial charge in [-0.1, -0.05) is 12.1 Å². The number of methoxy groups -OCH3 is 1. The van der Waals surface area contributed by atoms with Gasteiger partial charge in [0.25, 0.3) is 0 Å². The van der Waals surface area contributed by atoms with Gasteiger partial charge in [-0.05, 0) is 44.4 Å². The maximum absolute atomic E-state index is 13.4. The minimum atomic E-state index is -1.47. The van der Waals surface area contributed by atoms with Gasteiger partial charge in [-0.3, -0.25) is 14.5 Å². The summed E-state index contributed by atoms with van der Waals surface area (Å²) in [5.74, 6) is -0.591. The first kappa shape index (κ1) is 22.5. The number of amides is 1. The molecule has 0 radical (unpaired) electrons. The molecule has 1 aromatic carbocycles. The fraction of sp³-hybridized carbons (Fsp3) is 0.636. The standard InChI is InChI=1S/C22H32N2O6/c1-21(2,24-9-11-30-12-10-24)19(26)23-8-7-18(25)22(15-23,20(27)28)14-16-5-4-6-17(13-16)29-3/h4-6,13,18,25H,7-12,14-15H2,1-3H3,(H,27,28)/t18-,22-/m1/s1. The molecule has 0 bridgehead atoms. The van der Waals surface area contributed by atoms with Crippen molar-refractivity contribution >= 4 is 11.9 Å². The van der Waals surface area contributed by atoms with Crippen LogP contribution in [-0.4, -0.2) is 90.0 Å². The number of carbonyl (C=O) groups is 2. The van der Waals surface area contributed by atoms with E-state index in [-0.39, 0.29) is 25.3 Å². The van der Waals surface area contributed by atoms with Crippen LogP contribution in [0, 0.1) is 5.41 Å². The van der Waals surface area contributed by atoms with E-state index in [1.807, 2.05) is 19.9 Å². The topological polar surface area (TPSA) is 99.5 Å². The Hall–Kier alpha value is -2.16. The molecular formula is C22H32N2O6. The second-order valence-electron chi connectivity index (χ2n) is 8.68. The van der Waals surface area contributed by atoms with Gasteiger partial charge in [0.1, 0.15) is 11.2 Å². The zero-order valence-corrected chi connectivity index (χ0v) is 18.0. The van der Waals surface area contributed by atoms with Gasteiger partial charge in [-0.2, -0.15) is 0 Å². The fourth-order valence-electron chi connectivity index (χ4n) is 4.50. The molecule has 0 aliphatic carbocycles. The smallest absolute Gasteiger partial charge is 0.314 e. The monoisotopic (exact) mass is 420 g/mol. The number of hydrogen-bond donors (Lipinski definition) is 2. The average molecular weight is 421 g/mol. The number of morpholine rings is 1. The number of benzene rings is 1. The number of rotatable bonds is 6. The average Bonchev–Trinajstić information content (AvgIpc) is 2.75. The highest BCUT2D eigenvalue weighted by Gasteiger charge is 2.52. The molecule has 3 rings (SSSR count). The molecule has 0 saturated carbocycles. The van der Waals surface area contributed by atoms with E-state index in [1.165, 1.54) is 0 Å². The van der Waals surface area contributed by atoms with Gasteiger partial charge < -0.3 is 24.6 Å². The van der Waals surface area contributed by atoms with Crippen LogP contribution in [0.5, 0.6) is 5.75 Å². The third-order valence-corrected chi connectivity index (χ3v) is 6.48. The van der Waals surface area contributed by atoms with Gasteiger partial charge in [0.2, 0.25) is 5.91 Å². The molecule has 8 nitrogen and oxygen atoms in total. The first-order valence-corrected chi connectivity index (χ1v) is 10.4. The Kier molecular flexibility index (Phi) is 6.69. The van der Waals surface area contributed by atoms with Gasteiger partial charge in [0, 0.05) is 26.2 Å². The summed E-state index contributed by atoms with van der Waals surface area (Å²) in [5, 5.41) is 20.9. The number of nitrogens with zero attached hydrogens (tertiary/aromatic N) is 2. The molecule has 2 aliphatic heterocycles. The predicted octanol–water partition coefficient (Wildman–Crippen LogP) is 1.01. The Labute approximate surface area is 177 Å². The molecule has 30 heavy (non-hydrogen) atoms. The van der Waals surface area contributed by atoms with Crippen molar-refractivity contribution in [1.29, 1.82) is 0 Å². The van der Waals surface area contributed by atoms with Gasteiger partial charge in [-0.25, -0.2) is 0 Å². The first-order valence-electron chi connectivity index (χ1n) is 10.4. The highest BCUT2D eigenvalue weighted by Crippen LogP contribution is 2.36. The van der Waals surface area contributed by atoms with Crippen LogP contribution in [0.2, 0.25) is 0 Å². The summed E-state index contributed by atoms with van der Waals surface area (Å²) in [7, 11) is 1.55. The van der Waals surface area contributed by atoms with Gasteiger partial charge in [-0.15, -0.1) is 0 Å². The van der Waals surface area contributed by atoms with Crippen molar-refractivity contribution in [2.75, 3.05) is 46.5 Å². The minimum Gasteiger partial charge on any atom is -0.497 e. The lowest BCUT2D eigenvalue weighted by atomic mass is 9.72. The Bertz CT molecular complexity index is 777. The lowest BCUT2D eigenvalue weighted by molar-refractivity contribution is -0.169. The molecule has 2 atom stereocenters. The van der Waals surface area contributed by atoms with E-state index in [4.69, 9.17) is 9.47 Å². The summed E-state index contributed by atoms with van der Waals surface area (Å²) < 4.78 is 10.6. The van der Waals surface area contributed by atoms with E-state index in [0.717, 1.165) is 5.56 Å². The number of carbonyl (C=O) groups excluding carboxylic acids is 1. The number of hydrogen-bond acceptors (Lipinski definition) is 6. The van der Waals surface area contributed by atoms with Crippen molar-refractivity contribution in [3.8, 4) is 5.75 Å². The Morgan fingerprint density at radius 3 is 2.60 bits per heavy atom. The van der Waals surface area contributed by atoms with E-state index in [1.54, 1.807) is 30.2 Å². The largest absolute Gasteiger partial charge is 0.497 e. The quantitative estimate of drug-likeness (QED) is 0.709. The van der Waals surface area contributed by atoms with Crippen molar-refractivity contribution < 1.29 is 29.3 Å². The van der Waals surface area contributed by atoms with Gasteiger partial charge in [0.15, 0.2) is 0 Å². The molecule has 2 saturated heterocycles. The van der Waals surface area contributed by atoms with Crippen molar-refractivity contribution in [2.45, 2.75) is 38.3 Å². The van der Waals surface area contributed by atoms with Crippen LogP contribution in [0.3, 0.4) is 0 Å². The van der Waals surface area contributed by atoms with Crippen LogP contribution in [0.4, 0.5) is 0 Å². The molecule has 1 amide bonds. The van der Waals surface area contributed by atoms with Gasteiger partial charge >= 0.3 is 5.97 Å². The summed E-state index contributed by atoms with van der Waals surface area (Å²) in [6.45, 7) is 6.50. The fourth-order valence-corrected chi connectivity index (χ4v) is 4.50. The highest BCUT2D eigenvalue weighted by molar-refractivity contribution is 5.87. The van der Waals surface area contributed by atoms with Crippen molar-refractivity contribution in [2.24, 2.45) is 5.41 Å². The number of aliphatic carboxylic acids is 1. The number of aliphatic hydroxyl groups is 1. The van der Waals surface area contributed by atoms with Crippen LogP contribution < -0.4 is 4.74 Å². The Morgan fingerprint density at radius 1 is 1.27 bits per heavy atom. The third-order valence-electron chi connectivity index (χ3n) is 6.48. The zero-order valence-electron chi connectivity index (χ0n) is 18.0. The zero-order chi connectivity index (χ0) is 21.9. The summed E-state index contributed by atoms with van der Waals surface area (Å²) in [4.78, 5) is 29.5. The third kappa shape index (κ3) is 4.31. The number of likely N-dealkylation sites (tertiary alicyclic amines) is 1. The molecule has 0 unspecified atom stereocenters. The Balaban J connectivity index is 1.85. The summed E-state index contributed by atoms with van der Waals surface area (Å²) in [6.07, 6.45) is -0.708. The molecule has 8 heteroatoms. The van der Waals surface area contributed by atoms with E-state index >= 15 is 0 Å². The van der Waals surface area contributed by atoms with E-state index in [0.29, 0.717) is 38.6 Å². The molecule has 2 N–H and O–H groups in total. The molecular weight excluding hydrogens is 388 g/mol. The number of carboxylic acid groups (broad SMARTS) is 1. The van der Waals surface area contributed by atoms with Crippen LogP contribution in [0.15, 0.2) is 24.3 Å². The van der Waals surface area contributed by atoms with E-state index < -0.39 is 23.0 Å². The van der Waals surface area contributed by atoms with Crippen LogP contribution >= 0.6 is 0 Å².